The molecule has 0 bridgehead atoms. The number of hydrogen-bond donors (Lipinski definition) is 0. The minimum absolute atomic E-state index is 0.0176. The third-order valence-electron chi connectivity index (χ3n) is 4.18. The molecule has 0 radical (unpaired) electrons. The van der Waals surface area contributed by atoms with Gasteiger partial charge in [0.25, 0.3) is 0 Å². The van der Waals surface area contributed by atoms with Crippen LogP contribution < -0.4 is 9.64 Å². The molecule has 0 unspecified atom stereocenters. The van der Waals surface area contributed by atoms with Crippen LogP contribution in [0.4, 0.5) is 5.69 Å². The van der Waals surface area contributed by atoms with Gasteiger partial charge in [0.1, 0.15) is 12.4 Å². The lowest BCUT2D eigenvalue weighted by atomic mass is 10.1. The van der Waals surface area contributed by atoms with Crippen molar-refractivity contribution >= 4 is 17.5 Å². The maximum Gasteiger partial charge on any atom is 0.185 e. The van der Waals surface area contributed by atoms with E-state index in [0.717, 1.165) is 43.3 Å². The molecule has 26 heavy (non-hydrogen) atoms. The second kappa shape index (κ2) is 9.02. The molecule has 4 heteroatoms. The summed E-state index contributed by atoms with van der Waals surface area (Å²) in [7, 11) is 0. The van der Waals surface area contributed by atoms with Crippen molar-refractivity contribution in [2.24, 2.45) is 0 Å². The van der Waals surface area contributed by atoms with E-state index in [1.807, 2.05) is 48.5 Å². The van der Waals surface area contributed by atoms with E-state index in [4.69, 9.17) is 9.47 Å². The number of benzene rings is 2. The lowest BCUT2D eigenvalue weighted by Crippen LogP contribution is -2.36. The average Bonchev–Trinajstić information content (AvgIpc) is 2.71. The molecule has 0 aromatic heterocycles. The Morgan fingerprint density at radius 1 is 1.15 bits per heavy atom. The molecule has 2 aromatic carbocycles. The maximum absolute atomic E-state index is 12.4. The first-order chi connectivity index (χ1) is 12.8. The third kappa shape index (κ3) is 4.83. The molecule has 134 valence electrons. The SMILES string of the molecule is C=CCOc1cccc(/C=C/C(=O)c2ccc(N3CCOCC3)cc2)c1. The van der Waals surface area contributed by atoms with Crippen LogP contribution in [0.2, 0.25) is 0 Å². The first kappa shape index (κ1) is 18.0. The summed E-state index contributed by atoms with van der Waals surface area (Å²) in [6, 6.07) is 15.4. The Balaban J connectivity index is 1.63. The molecule has 0 atom stereocenters. The Bertz CT molecular complexity index is 774. The number of anilines is 1. The van der Waals surface area contributed by atoms with Gasteiger partial charge in [-0.3, -0.25) is 4.79 Å². The summed E-state index contributed by atoms with van der Waals surface area (Å²) in [5, 5.41) is 0. The number of carbonyl (C=O) groups is 1. The minimum atomic E-state index is -0.0176. The number of ether oxygens (including phenoxy) is 2. The van der Waals surface area contributed by atoms with E-state index in [9.17, 15) is 4.79 Å². The number of ketones is 1. The largest absolute Gasteiger partial charge is 0.490 e. The van der Waals surface area contributed by atoms with Gasteiger partial charge in [0.15, 0.2) is 5.78 Å². The van der Waals surface area contributed by atoms with Crippen molar-refractivity contribution in [3.8, 4) is 5.75 Å². The molecule has 0 saturated carbocycles. The number of rotatable bonds is 7. The molecule has 3 rings (SSSR count). The molecule has 0 aliphatic carbocycles. The molecule has 2 aromatic rings. The van der Waals surface area contributed by atoms with Gasteiger partial charge in [-0.05, 0) is 48.0 Å². The summed E-state index contributed by atoms with van der Waals surface area (Å²) >= 11 is 0. The molecule has 0 amide bonds. The number of hydrogen-bond acceptors (Lipinski definition) is 4. The van der Waals surface area contributed by atoms with Gasteiger partial charge in [-0.1, -0.05) is 30.9 Å². The van der Waals surface area contributed by atoms with Crippen molar-refractivity contribution in [3.05, 3.63) is 78.4 Å². The monoisotopic (exact) mass is 349 g/mol. The van der Waals surface area contributed by atoms with E-state index < -0.39 is 0 Å². The molecule has 4 nitrogen and oxygen atoms in total. The Hall–Kier alpha value is -2.85. The van der Waals surface area contributed by atoms with Gasteiger partial charge in [-0.25, -0.2) is 0 Å². The van der Waals surface area contributed by atoms with Crippen LogP contribution in [0.5, 0.6) is 5.75 Å². The zero-order valence-electron chi connectivity index (χ0n) is 14.8. The van der Waals surface area contributed by atoms with Crippen LogP contribution in [0.1, 0.15) is 15.9 Å². The molecule has 0 spiro atoms. The summed E-state index contributed by atoms with van der Waals surface area (Å²) in [4.78, 5) is 14.7. The van der Waals surface area contributed by atoms with E-state index in [1.165, 1.54) is 0 Å². The van der Waals surface area contributed by atoms with Crippen LogP contribution in [-0.4, -0.2) is 38.7 Å². The van der Waals surface area contributed by atoms with Crippen molar-refractivity contribution in [1.29, 1.82) is 0 Å². The molecule has 1 saturated heterocycles. The maximum atomic E-state index is 12.4. The highest BCUT2D eigenvalue weighted by atomic mass is 16.5. The summed E-state index contributed by atoms with van der Waals surface area (Å²) in [5.74, 6) is 0.741. The fourth-order valence-corrected chi connectivity index (χ4v) is 2.79. The average molecular weight is 349 g/mol. The topological polar surface area (TPSA) is 38.8 Å². The zero-order chi connectivity index (χ0) is 18.2. The zero-order valence-corrected chi connectivity index (χ0v) is 14.8. The lowest BCUT2D eigenvalue weighted by molar-refractivity contribution is 0.104. The molecular weight excluding hydrogens is 326 g/mol. The van der Waals surface area contributed by atoms with Crippen LogP contribution in [-0.2, 0) is 4.74 Å². The van der Waals surface area contributed by atoms with Crippen molar-refractivity contribution in [2.45, 2.75) is 0 Å². The van der Waals surface area contributed by atoms with Crippen LogP contribution in [0.3, 0.4) is 0 Å². The lowest BCUT2D eigenvalue weighted by Gasteiger charge is -2.28. The van der Waals surface area contributed by atoms with Gasteiger partial charge < -0.3 is 14.4 Å². The van der Waals surface area contributed by atoms with Crippen LogP contribution in [0.25, 0.3) is 6.08 Å². The van der Waals surface area contributed by atoms with Crippen molar-refractivity contribution in [2.75, 3.05) is 37.8 Å². The highest BCUT2D eigenvalue weighted by Crippen LogP contribution is 2.18. The second-order valence-electron chi connectivity index (χ2n) is 6.02. The standard InChI is InChI=1S/C22H23NO3/c1-2-14-26-21-5-3-4-18(17-21)6-11-22(24)19-7-9-20(10-8-19)23-12-15-25-16-13-23/h2-11,17H,1,12-16H2/b11-6+. The molecule has 1 fully saturated rings. The number of morpholine rings is 1. The van der Waals surface area contributed by atoms with Crippen LogP contribution >= 0.6 is 0 Å². The van der Waals surface area contributed by atoms with Gasteiger partial charge in [0, 0.05) is 24.3 Å². The van der Waals surface area contributed by atoms with Crippen molar-refractivity contribution in [1.82, 2.24) is 0 Å². The Morgan fingerprint density at radius 2 is 1.92 bits per heavy atom. The van der Waals surface area contributed by atoms with E-state index in [0.29, 0.717) is 12.2 Å². The van der Waals surface area contributed by atoms with E-state index in [-0.39, 0.29) is 5.78 Å². The fraction of sp³-hybridized carbons (Fsp3) is 0.227. The van der Waals surface area contributed by atoms with E-state index in [1.54, 1.807) is 18.2 Å². The summed E-state index contributed by atoms with van der Waals surface area (Å²) in [6.45, 7) is 7.37. The minimum Gasteiger partial charge on any atom is -0.490 e. The predicted octanol–water partition coefficient (Wildman–Crippen LogP) is 3.98. The molecule has 1 heterocycles. The van der Waals surface area contributed by atoms with Gasteiger partial charge in [0.2, 0.25) is 0 Å². The number of allylic oxidation sites excluding steroid dienone is 1. The number of nitrogens with zero attached hydrogens (tertiary/aromatic N) is 1. The predicted molar refractivity (Wildman–Crippen MR) is 105 cm³/mol. The Labute approximate surface area is 154 Å². The van der Waals surface area contributed by atoms with Gasteiger partial charge in [0.05, 0.1) is 13.2 Å². The van der Waals surface area contributed by atoms with Crippen molar-refractivity contribution < 1.29 is 14.3 Å². The molecule has 1 aliphatic heterocycles. The smallest absolute Gasteiger partial charge is 0.185 e. The quantitative estimate of drug-likeness (QED) is 0.430. The third-order valence-corrected chi connectivity index (χ3v) is 4.18. The van der Waals surface area contributed by atoms with Crippen LogP contribution in [0, 0.1) is 0 Å². The fourth-order valence-electron chi connectivity index (χ4n) is 2.79. The summed E-state index contributed by atoms with van der Waals surface area (Å²) in [5.41, 5.74) is 2.73. The molecule has 0 N–H and O–H groups in total. The first-order valence-corrected chi connectivity index (χ1v) is 8.75. The highest BCUT2D eigenvalue weighted by molar-refractivity contribution is 6.07. The van der Waals surface area contributed by atoms with Gasteiger partial charge in [-0.2, -0.15) is 0 Å². The normalized spacial score (nSPS) is 14.4. The van der Waals surface area contributed by atoms with E-state index in [2.05, 4.69) is 11.5 Å². The van der Waals surface area contributed by atoms with Gasteiger partial charge >= 0.3 is 0 Å². The first-order valence-electron chi connectivity index (χ1n) is 8.75. The summed E-state index contributed by atoms with van der Waals surface area (Å²) < 4.78 is 10.9. The summed E-state index contributed by atoms with van der Waals surface area (Å²) in [6.07, 6.45) is 5.10. The van der Waals surface area contributed by atoms with Crippen molar-refractivity contribution in [3.63, 3.8) is 0 Å². The second-order valence-corrected chi connectivity index (χ2v) is 6.02. The van der Waals surface area contributed by atoms with Crippen LogP contribution in [0.15, 0.2) is 67.3 Å². The highest BCUT2D eigenvalue weighted by Gasteiger charge is 2.11. The molecule has 1 aliphatic rings. The van der Waals surface area contributed by atoms with Gasteiger partial charge in [-0.15, -0.1) is 0 Å². The number of carbonyl (C=O) groups excluding carboxylic acids is 1. The van der Waals surface area contributed by atoms with E-state index >= 15 is 0 Å². The Kier molecular flexibility index (Phi) is 6.23. The molecular formula is C22H23NO3. The Morgan fingerprint density at radius 3 is 2.65 bits per heavy atom.